The monoisotopic (exact) mass is 278 g/mol. The molecule has 0 aliphatic carbocycles. The molecule has 13 heavy (non-hydrogen) atoms. The largest absolute Gasteiger partial charge is 0.298 e. The van der Waals surface area contributed by atoms with Crippen LogP contribution < -0.4 is 0 Å². The van der Waals surface area contributed by atoms with Crippen molar-refractivity contribution >= 4 is 45.9 Å². The molecular formula is C9H8BrClOS. The Labute approximate surface area is 96.0 Å². The summed E-state index contributed by atoms with van der Waals surface area (Å²) in [5.74, 6) is 0.0285. The zero-order chi connectivity index (χ0) is 10.0. The van der Waals surface area contributed by atoms with Crippen molar-refractivity contribution in [2.24, 2.45) is 0 Å². The molecule has 0 saturated carbocycles. The molecule has 0 bridgehead atoms. The average molecular weight is 280 g/mol. The predicted molar refractivity (Wildman–Crippen MR) is 61.1 cm³/mol. The molecule has 0 radical (unpaired) electrons. The topological polar surface area (TPSA) is 17.1 Å². The number of Topliss-reactive ketones (excluding diaryl/α,β-unsaturated/α-hetero) is 1. The highest BCUT2D eigenvalue weighted by atomic mass is 79.9. The van der Waals surface area contributed by atoms with Crippen LogP contribution in [0.15, 0.2) is 23.1 Å². The molecule has 1 aromatic rings. The lowest BCUT2D eigenvalue weighted by atomic mass is 10.1. The number of alkyl halides is 1. The molecule has 0 aromatic heterocycles. The first-order valence-electron chi connectivity index (χ1n) is 3.66. The van der Waals surface area contributed by atoms with Gasteiger partial charge in [0, 0.05) is 4.90 Å². The fourth-order valence-electron chi connectivity index (χ4n) is 0.952. The van der Waals surface area contributed by atoms with E-state index in [-0.39, 0.29) is 10.6 Å². The van der Waals surface area contributed by atoms with Crippen LogP contribution in [0.1, 0.15) is 17.3 Å². The van der Waals surface area contributed by atoms with Crippen LogP contribution in [0.2, 0.25) is 5.02 Å². The van der Waals surface area contributed by atoms with Crippen LogP contribution in [0.3, 0.4) is 0 Å². The van der Waals surface area contributed by atoms with Gasteiger partial charge in [0.05, 0.1) is 9.85 Å². The third-order valence-corrected chi connectivity index (χ3v) is 3.70. The summed E-state index contributed by atoms with van der Waals surface area (Å²) >= 11 is 13.4. The lowest BCUT2D eigenvalue weighted by Crippen LogP contribution is -2.01. The van der Waals surface area contributed by atoms with Crippen molar-refractivity contribution in [3.63, 3.8) is 0 Å². The zero-order valence-electron chi connectivity index (χ0n) is 6.92. The van der Waals surface area contributed by atoms with E-state index >= 15 is 0 Å². The summed E-state index contributed by atoms with van der Waals surface area (Å²) in [6, 6.07) is 5.42. The van der Waals surface area contributed by atoms with Crippen LogP contribution in [-0.4, -0.2) is 5.78 Å². The first-order valence-corrected chi connectivity index (χ1v) is 5.40. The highest BCUT2D eigenvalue weighted by Crippen LogP contribution is 2.33. The van der Waals surface area contributed by atoms with Gasteiger partial charge < -0.3 is 0 Å². The average Bonchev–Trinajstić information content (AvgIpc) is 2.08. The first kappa shape index (κ1) is 11.1. The highest BCUT2D eigenvalue weighted by molar-refractivity contribution is 9.09. The van der Waals surface area contributed by atoms with Gasteiger partial charge in [0.25, 0.3) is 0 Å². The number of halogens is 2. The summed E-state index contributed by atoms with van der Waals surface area (Å²) in [6.45, 7) is 1.51. The smallest absolute Gasteiger partial charge is 0.147 e. The Kier molecular flexibility index (Phi) is 3.83. The van der Waals surface area contributed by atoms with Crippen LogP contribution in [-0.2, 0) is 4.79 Å². The lowest BCUT2D eigenvalue weighted by Gasteiger charge is -2.09. The summed E-state index contributed by atoms with van der Waals surface area (Å²) in [6.07, 6.45) is 0. The van der Waals surface area contributed by atoms with E-state index in [0.29, 0.717) is 9.92 Å². The van der Waals surface area contributed by atoms with Gasteiger partial charge in [0.1, 0.15) is 5.78 Å². The molecule has 0 fully saturated rings. The van der Waals surface area contributed by atoms with E-state index in [4.69, 9.17) is 11.6 Å². The second-order valence-corrected chi connectivity index (χ2v) is 4.43. The van der Waals surface area contributed by atoms with Gasteiger partial charge in [-0.05, 0) is 18.6 Å². The van der Waals surface area contributed by atoms with Crippen LogP contribution >= 0.6 is 40.2 Å². The van der Waals surface area contributed by atoms with Gasteiger partial charge in [0.15, 0.2) is 0 Å². The summed E-state index contributed by atoms with van der Waals surface area (Å²) in [7, 11) is 0. The first-order chi connectivity index (χ1) is 6.04. The van der Waals surface area contributed by atoms with Crippen LogP contribution in [0.4, 0.5) is 0 Å². The standard InChI is InChI=1S/C9H8BrClOS/c1-5(12)8(10)6-3-2-4-7(13)9(6)11/h2-4,8,13H,1H3. The van der Waals surface area contributed by atoms with Gasteiger partial charge in [-0.15, -0.1) is 12.6 Å². The fourth-order valence-corrected chi connectivity index (χ4v) is 1.92. The third-order valence-electron chi connectivity index (χ3n) is 1.64. The molecule has 0 spiro atoms. The van der Waals surface area contributed by atoms with Crippen molar-refractivity contribution in [1.29, 1.82) is 0 Å². The van der Waals surface area contributed by atoms with Crippen molar-refractivity contribution < 1.29 is 4.79 Å². The molecule has 1 nitrogen and oxygen atoms in total. The van der Waals surface area contributed by atoms with Crippen LogP contribution in [0.5, 0.6) is 0 Å². The maximum atomic E-state index is 11.1. The summed E-state index contributed by atoms with van der Waals surface area (Å²) in [4.78, 5) is 11.4. The minimum atomic E-state index is -0.341. The summed E-state index contributed by atoms with van der Waals surface area (Å²) in [5.41, 5.74) is 0.765. The second kappa shape index (κ2) is 4.49. The Bertz CT molecular complexity index is 340. The highest BCUT2D eigenvalue weighted by Gasteiger charge is 2.16. The zero-order valence-corrected chi connectivity index (χ0v) is 10.2. The summed E-state index contributed by atoms with van der Waals surface area (Å²) in [5, 5.41) is 0.530. The molecule has 0 N–H and O–H groups in total. The number of rotatable bonds is 2. The van der Waals surface area contributed by atoms with E-state index in [0.717, 1.165) is 5.56 Å². The van der Waals surface area contributed by atoms with Gasteiger partial charge >= 0.3 is 0 Å². The molecule has 70 valence electrons. The number of carbonyl (C=O) groups excluding carboxylic acids is 1. The molecular weight excluding hydrogens is 272 g/mol. The number of ketones is 1. The minimum absolute atomic E-state index is 0.0285. The lowest BCUT2D eigenvalue weighted by molar-refractivity contribution is -0.116. The number of hydrogen-bond acceptors (Lipinski definition) is 2. The molecule has 1 rings (SSSR count). The minimum Gasteiger partial charge on any atom is -0.298 e. The Morgan fingerprint density at radius 2 is 2.23 bits per heavy atom. The Morgan fingerprint density at radius 1 is 1.62 bits per heavy atom. The molecule has 1 aromatic carbocycles. The van der Waals surface area contributed by atoms with E-state index in [1.165, 1.54) is 6.92 Å². The Morgan fingerprint density at radius 3 is 2.77 bits per heavy atom. The molecule has 4 heteroatoms. The van der Waals surface area contributed by atoms with Crippen molar-refractivity contribution in [3.05, 3.63) is 28.8 Å². The quantitative estimate of drug-likeness (QED) is 0.646. The number of carbonyl (C=O) groups is 1. The molecule has 0 aliphatic heterocycles. The molecule has 1 unspecified atom stereocenters. The maximum Gasteiger partial charge on any atom is 0.147 e. The van der Waals surface area contributed by atoms with E-state index in [9.17, 15) is 4.79 Å². The SMILES string of the molecule is CC(=O)C(Br)c1cccc(S)c1Cl. The fraction of sp³-hybridized carbons (Fsp3) is 0.222. The maximum absolute atomic E-state index is 11.1. The van der Waals surface area contributed by atoms with Crippen LogP contribution in [0.25, 0.3) is 0 Å². The number of thiol groups is 1. The summed E-state index contributed by atoms with van der Waals surface area (Å²) < 4.78 is 0. The van der Waals surface area contributed by atoms with Crippen molar-refractivity contribution in [1.82, 2.24) is 0 Å². The Hall–Kier alpha value is 0.01000. The van der Waals surface area contributed by atoms with Crippen LogP contribution in [0, 0.1) is 0 Å². The van der Waals surface area contributed by atoms with Crippen molar-refractivity contribution in [3.8, 4) is 0 Å². The molecule has 0 heterocycles. The van der Waals surface area contributed by atoms with E-state index in [1.54, 1.807) is 6.07 Å². The van der Waals surface area contributed by atoms with E-state index in [2.05, 4.69) is 28.6 Å². The van der Waals surface area contributed by atoms with Crippen molar-refractivity contribution in [2.45, 2.75) is 16.6 Å². The normalized spacial score (nSPS) is 12.6. The van der Waals surface area contributed by atoms with Gasteiger partial charge in [-0.25, -0.2) is 0 Å². The molecule has 0 amide bonds. The van der Waals surface area contributed by atoms with Gasteiger partial charge in [0.2, 0.25) is 0 Å². The van der Waals surface area contributed by atoms with E-state index < -0.39 is 0 Å². The van der Waals surface area contributed by atoms with Gasteiger partial charge in [-0.1, -0.05) is 39.7 Å². The number of hydrogen-bond donors (Lipinski definition) is 1. The van der Waals surface area contributed by atoms with Gasteiger partial charge in [-0.3, -0.25) is 4.79 Å². The van der Waals surface area contributed by atoms with E-state index in [1.807, 2.05) is 12.1 Å². The number of benzene rings is 1. The predicted octanol–water partition coefficient (Wildman–Crippen LogP) is 3.65. The Balaban J connectivity index is 3.15. The van der Waals surface area contributed by atoms with Crippen molar-refractivity contribution in [2.75, 3.05) is 0 Å². The molecule has 1 atom stereocenters. The molecule has 0 aliphatic rings. The third kappa shape index (κ3) is 2.48. The second-order valence-electron chi connectivity index (χ2n) is 2.65. The van der Waals surface area contributed by atoms with Gasteiger partial charge in [-0.2, -0.15) is 0 Å². The molecule has 0 saturated heterocycles.